The Bertz CT molecular complexity index is 1190. The second-order valence-corrected chi connectivity index (χ2v) is 17.7. The number of fused-ring (bicyclic) bond motifs is 7. The summed E-state index contributed by atoms with van der Waals surface area (Å²) in [6.45, 7) is 22.7. The van der Waals surface area contributed by atoms with E-state index in [1.54, 1.807) is 5.57 Å². The molecule has 0 bridgehead atoms. The minimum atomic E-state index is 0.0191. The van der Waals surface area contributed by atoms with Crippen molar-refractivity contribution in [3.05, 3.63) is 35.5 Å². The molecule has 6 rings (SSSR count). The third-order valence-electron chi connectivity index (χ3n) is 15.5. The van der Waals surface area contributed by atoms with Crippen molar-refractivity contribution in [3.8, 4) is 0 Å². The molecule has 0 aliphatic heterocycles. The Morgan fingerprint density at radius 1 is 0.953 bits per heavy atom. The highest BCUT2D eigenvalue weighted by Gasteiger charge is 2.70. The van der Waals surface area contributed by atoms with Gasteiger partial charge in [0.2, 0.25) is 0 Å². The molecular weight excluding hydrogens is 526 g/mol. The van der Waals surface area contributed by atoms with Gasteiger partial charge in [-0.1, -0.05) is 72.3 Å². The Hall–Kier alpha value is -1.35. The molecule has 0 unspecified atom stereocenters. The van der Waals surface area contributed by atoms with Gasteiger partial charge in [-0.25, -0.2) is 0 Å². The monoisotopic (exact) mass is 589 g/mol. The molecule has 0 saturated heterocycles. The fourth-order valence-electron chi connectivity index (χ4n) is 13.1. The number of rotatable bonds is 6. The molecule has 0 radical (unpaired) electrons. The minimum absolute atomic E-state index is 0.0191. The van der Waals surface area contributed by atoms with E-state index in [9.17, 15) is 4.79 Å². The number of ether oxygens (including phenoxy) is 1. The van der Waals surface area contributed by atoms with Crippen LogP contribution in [0.1, 0.15) is 138 Å². The van der Waals surface area contributed by atoms with Crippen LogP contribution in [0.5, 0.6) is 0 Å². The lowest BCUT2D eigenvalue weighted by Gasteiger charge is -2.72. The van der Waals surface area contributed by atoms with Crippen molar-refractivity contribution in [2.75, 3.05) is 6.61 Å². The van der Waals surface area contributed by atoms with Gasteiger partial charge in [-0.3, -0.25) is 4.79 Å². The summed E-state index contributed by atoms with van der Waals surface area (Å²) in [5.41, 5.74) is 13.0. The topological polar surface area (TPSA) is 52.3 Å². The van der Waals surface area contributed by atoms with E-state index in [-0.39, 0.29) is 22.8 Å². The Balaban J connectivity index is 1.25. The van der Waals surface area contributed by atoms with Crippen molar-refractivity contribution in [2.24, 2.45) is 62.9 Å². The fourth-order valence-corrected chi connectivity index (χ4v) is 13.1. The van der Waals surface area contributed by atoms with E-state index in [2.05, 4.69) is 67.2 Å². The standard InChI is InChI=1S/C40H63NO2/c1-9-10-25-43-35(42)28-13-11-27(12-14-28)30-18-20-37(6)32(36(30,4)5)19-21-39(8)33(37)16-15-31-34-29(26(2)3)17-22-40(34,41)24-23-38(31,39)7/h11,18,28-29,31-34H,2,9-10,12-17,19-25,41H2,1,3-8H3/t28-,29+,31-,32+,33-,34-,37+,38-,39-,40+/m1/s1. The van der Waals surface area contributed by atoms with E-state index >= 15 is 0 Å². The Morgan fingerprint density at radius 2 is 1.72 bits per heavy atom. The van der Waals surface area contributed by atoms with Crippen molar-refractivity contribution in [1.29, 1.82) is 0 Å². The molecule has 0 amide bonds. The SMILES string of the molecule is C=C(C)[C@@H]1CC[C@]2(N)CC[C@]3(C)[C@H](CC[C@@H]4[C@@]5(C)CC=C(C6=CC[C@@H](C(=O)OCCCC)CC6)C(C)(C)[C@@H]5CC[C@]43C)[C@@H]12. The first-order valence-electron chi connectivity index (χ1n) is 18.2. The number of carbonyl (C=O) groups is 1. The summed E-state index contributed by atoms with van der Waals surface area (Å²) in [6.07, 6.45) is 21.4. The van der Waals surface area contributed by atoms with Crippen molar-refractivity contribution in [2.45, 2.75) is 144 Å². The van der Waals surface area contributed by atoms with Gasteiger partial charge >= 0.3 is 5.97 Å². The van der Waals surface area contributed by atoms with Gasteiger partial charge in [0.1, 0.15) is 0 Å². The maximum absolute atomic E-state index is 12.7. The molecule has 3 nitrogen and oxygen atoms in total. The van der Waals surface area contributed by atoms with Crippen molar-refractivity contribution in [1.82, 2.24) is 0 Å². The third-order valence-corrected chi connectivity index (χ3v) is 15.5. The summed E-state index contributed by atoms with van der Waals surface area (Å²) >= 11 is 0. The normalized spacial score (nSPS) is 46.8. The molecule has 6 aliphatic rings. The van der Waals surface area contributed by atoms with Crippen LogP contribution in [0, 0.1) is 57.2 Å². The van der Waals surface area contributed by atoms with E-state index < -0.39 is 0 Å². The first-order chi connectivity index (χ1) is 20.2. The first kappa shape index (κ1) is 31.6. The lowest BCUT2D eigenvalue weighted by atomic mass is 9.33. The molecule has 0 aromatic rings. The Labute approximate surface area is 263 Å². The second kappa shape index (κ2) is 10.9. The smallest absolute Gasteiger partial charge is 0.309 e. The lowest BCUT2D eigenvalue weighted by Crippen LogP contribution is -2.67. The highest BCUT2D eigenvalue weighted by molar-refractivity contribution is 5.73. The van der Waals surface area contributed by atoms with Crippen LogP contribution >= 0.6 is 0 Å². The van der Waals surface area contributed by atoms with Gasteiger partial charge in [0.05, 0.1) is 12.5 Å². The van der Waals surface area contributed by atoms with Crippen molar-refractivity contribution >= 4 is 5.97 Å². The number of carbonyl (C=O) groups excluding carboxylic acids is 1. The molecule has 4 saturated carbocycles. The summed E-state index contributed by atoms with van der Waals surface area (Å²) in [5, 5.41) is 0. The molecule has 0 spiro atoms. The van der Waals surface area contributed by atoms with Gasteiger partial charge in [-0.15, -0.1) is 0 Å². The average molecular weight is 590 g/mol. The molecule has 0 aromatic carbocycles. The predicted octanol–water partition coefficient (Wildman–Crippen LogP) is 9.96. The van der Waals surface area contributed by atoms with Gasteiger partial charge in [0, 0.05) is 5.54 Å². The van der Waals surface area contributed by atoms with E-state index in [0.717, 1.165) is 43.9 Å². The highest BCUT2D eigenvalue weighted by atomic mass is 16.5. The maximum atomic E-state index is 12.7. The quantitative estimate of drug-likeness (QED) is 0.191. The molecule has 10 atom stereocenters. The van der Waals surface area contributed by atoms with Crippen LogP contribution < -0.4 is 5.73 Å². The number of unbranched alkanes of at least 4 members (excludes halogenated alkanes) is 1. The van der Waals surface area contributed by atoms with Crippen LogP contribution in [0.15, 0.2) is 35.5 Å². The third kappa shape index (κ3) is 4.62. The largest absolute Gasteiger partial charge is 0.465 e. The number of nitrogens with two attached hydrogens (primary N) is 1. The van der Waals surface area contributed by atoms with Crippen molar-refractivity contribution < 1.29 is 9.53 Å². The minimum Gasteiger partial charge on any atom is -0.465 e. The zero-order chi connectivity index (χ0) is 31.0. The molecule has 0 aromatic heterocycles. The summed E-state index contributed by atoms with van der Waals surface area (Å²) in [7, 11) is 0. The van der Waals surface area contributed by atoms with Crippen LogP contribution in [-0.2, 0) is 9.53 Å². The van der Waals surface area contributed by atoms with Crippen LogP contribution in [0.2, 0.25) is 0 Å². The zero-order valence-electron chi connectivity index (χ0n) is 28.8. The Morgan fingerprint density at radius 3 is 2.40 bits per heavy atom. The Kier molecular flexibility index (Phi) is 8.00. The second-order valence-electron chi connectivity index (χ2n) is 17.7. The van der Waals surface area contributed by atoms with Crippen LogP contribution in [0.25, 0.3) is 0 Å². The molecule has 6 aliphatic carbocycles. The molecule has 3 heteroatoms. The zero-order valence-corrected chi connectivity index (χ0v) is 28.8. The molecular formula is C40H63NO2. The fraction of sp³-hybridized carbons (Fsp3) is 0.825. The molecule has 4 fully saturated rings. The number of hydrogen-bond acceptors (Lipinski definition) is 3. The van der Waals surface area contributed by atoms with Gasteiger partial charge in [-0.2, -0.15) is 0 Å². The van der Waals surface area contributed by atoms with Crippen LogP contribution in [0.4, 0.5) is 0 Å². The average Bonchev–Trinajstić information content (AvgIpc) is 3.31. The lowest BCUT2D eigenvalue weighted by molar-refractivity contribution is -0.219. The van der Waals surface area contributed by atoms with E-state index in [1.807, 2.05) is 0 Å². The molecule has 240 valence electrons. The van der Waals surface area contributed by atoms with Crippen LogP contribution in [0.3, 0.4) is 0 Å². The van der Waals surface area contributed by atoms with E-state index in [0.29, 0.717) is 40.6 Å². The van der Waals surface area contributed by atoms with Gasteiger partial charge in [0.25, 0.3) is 0 Å². The van der Waals surface area contributed by atoms with E-state index in [4.69, 9.17) is 10.5 Å². The van der Waals surface area contributed by atoms with Gasteiger partial charge in [0.15, 0.2) is 0 Å². The van der Waals surface area contributed by atoms with Crippen LogP contribution in [-0.4, -0.2) is 18.1 Å². The number of esters is 1. The summed E-state index contributed by atoms with van der Waals surface area (Å²) < 4.78 is 5.58. The van der Waals surface area contributed by atoms with Crippen molar-refractivity contribution in [3.63, 3.8) is 0 Å². The molecule has 0 heterocycles. The van der Waals surface area contributed by atoms with E-state index in [1.165, 1.54) is 68.9 Å². The first-order valence-corrected chi connectivity index (χ1v) is 18.2. The summed E-state index contributed by atoms with van der Waals surface area (Å²) in [5.74, 6) is 3.47. The predicted molar refractivity (Wildman–Crippen MR) is 178 cm³/mol. The maximum Gasteiger partial charge on any atom is 0.309 e. The highest BCUT2D eigenvalue weighted by Crippen LogP contribution is 2.76. The van der Waals surface area contributed by atoms with Gasteiger partial charge < -0.3 is 10.5 Å². The van der Waals surface area contributed by atoms with Gasteiger partial charge in [-0.05, 0) is 153 Å². The number of allylic oxidation sites excluding steroid dienone is 5. The summed E-state index contributed by atoms with van der Waals surface area (Å²) in [6, 6.07) is 0. The number of hydrogen-bond donors (Lipinski definition) is 1. The summed E-state index contributed by atoms with van der Waals surface area (Å²) in [4.78, 5) is 12.7. The molecule has 2 N–H and O–H groups in total. The molecule has 43 heavy (non-hydrogen) atoms.